The summed E-state index contributed by atoms with van der Waals surface area (Å²) in [6.07, 6.45) is 1.56. The predicted octanol–water partition coefficient (Wildman–Crippen LogP) is 3.62. The molecule has 0 bridgehead atoms. The summed E-state index contributed by atoms with van der Waals surface area (Å²) in [5.74, 6) is 0.619. The predicted molar refractivity (Wildman–Crippen MR) is 95.8 cm³/mol. The summed E-state index contributed by atoms with van der Waals surface area (Å²) in [4.78, 5) is 24.8. The molecule has 0 saturated carbocycles. The Bertz CT molecular complexity index is 969. The molecule has 4 rings (SSSR count). The molecular formula is C19H16N4O4. The number of aromatic nitrogens is 2. The average Bonchev–Trinajstić information content (AvgIpc) is 3.37. The van der Waals surface area contributed by atoms with Crippen LogP contribution in [-0.4, -0.2) is 32.5 Å². The molecule has 0 N–H and O–H groups in total. The van der Waals surface area contributed by atoms with E-state index in [9.17, 15) is 14.9 Å². The molecule has 1 aliphatic heterocycles. The molecule has 1 amide bonds. The Morgan fingerprint density at radius 3 is 2.56 bits per heavy atom. The van der Waals surface area contributed by atoms with Crippen LogP contribution in [-0.2, 0) is 0 Å². The van der Waals surface area contributed by atoms with Crippen molar-refractivity contribution >= 4 is 11.6 Å². The van der Waals surface area contributed by atoms with Gasteiger partial charge in [0.15, 0.2) is 0 Å². The van der Waals surface area contributed by atoms with Gasteiger partial charge >= 0.3 is 0 Å². The van der Waals surface area contributed by atoms with Crippen molar-refractivity contribution in [3.63, 3.8) is 0 Å². The molecule has 2 heterocycles. The number of nitro benzene ring substituents is 1. The average molecular weight is 364 g/mol. The first kappa shape index (κ1) is 16.9. The summed E-state index contributed by atoms with van der Waals surface area (Å²) < 4.78 is 5.82. The van der Waals surface area contributed by atoms with Crippen LogP contribution < -0.4 is 0 Å². The van der Waals surface area contributed by atoms with Crippen LogP contribution in [0.4, 0.5) is 5.69 Å². The van der Waals surface area contributed by atoms with Gasteiger partial charge in [-0.1, -0.05) is 18.2 Å². The van der Waals surface area contributed by atoms with E-state index in [0.29, 0.717) is 23.9 Å². The molecule has 3 aromatic rings. The second kappa shape index (κ2) is 6.99. The first-order valence-corrected chi connectivity index (χ1v) is 8.58. The van der Waals surface area contributed by atoms with Crippen molar-refractivity contribution in [2.24, 2.45) is 0 Å². The van der Waals surface area contributed by atoms with Gasteiger partial charge in [-0.25, -0.2) is 0 Å². The molecule has 0 aliphatic carbocycles. The van der Waals surface area contributed by atoms with Gasteiger partial charge in [0.1, 0.15) is 6.04 Å². The van der Waals surface area contributed by atoms with Gasteiger partial charge < -0.3 is 9.32 Å². The molecule has 136 valence electrons. The zero-order chi connectivity index (χ0) is 18.8. The topological polar surface area (TPSA) is 102 Å². The van der Waals surface area contributed by atoms with E-state index in [-0.39, 0.29) is 17.6 Å². The van der Waals surface area contributed by atoms with Crippen molar-refractivity contribution in [1.29, 1.82) is 0 Å². The van der Waals surface area contributed by atoms with Crippen LogP contribution >= 0.6 is 0 Å². The number of nitro groups is 1. The number of amides is 1. The van der Waals surface area contributed by atoms with E-state index in [4.69, 9.17) is 4.42 Å². The van der Waals surface area contributed by atoms with Gasteiger partial charge in [0.25, 0.3) is 11.6 Å². The highest BCUT2D eigenvalue weighted by Gasteiger charge is 2.34. The Hall–Kier alpha value is -3.55. The maximum Gasteiger partial charge on any atom is 0.269 e. The first-order chi connectivity index (χ1) is 13.1. The third-order valence-corrected chi connectivity index (χ3v) is 4.59. The molecule has 8 heteroatoms. The van der Waals surface area contributed by atoms with E-state index in [1.54, 1.807) is 4.90 Å². The molecule has 1 aliphatic rings. The Balaban J connectivity index is 1.56. The van der Waals surface area contributed by atoms with Gasteiger partial charge in [0.05, 0.1) is 4.92 Å². The molecule has 1 fully saturated rings. The minimum absolute atomic E-state index is 0.0473. The van der Waals surface area contributed by atoms with Gasteiger partial charge in [-0.2, -0.15) is 0 Å². The smallest absolute Gasteiger partial charge is 0.269 e. The fourth-order valence-corrected chi connectivity index (χ4v) is 3.22. The third kappa shape index (κ3) is 3.29. The molecular weight excluding hydrogens is 348 g/mol. The number of non-ortho nitro benzene ring substituents is 1. The minimum atomic E-state index is -0.490. The van der Waals surface area contributed by atoms with E-state index >= 15 is 0 Å². The molecule has 0 radical (unpaired) electrons. The van der Waals surface area contributed by atoms with Crippen molar-refractivity contribution in [2.45, 2.75) is 18.9 Å². The van der Waals surface area contributed by atoms with Crippen molar-refractivity contribution < 1.29 is 14.1 Å². The molecule has 0 spiro atoms. The lowest BCUT2D eigenvalue weighted by atomic mass is 10.1. The Morgan fingerprint density at radius 1 is 1.11 bits per heavy atom. The summed E-state index contributed by atoms with van der Waals surface area (Å²) in [7, 11) is 0. The third-order valence-electron chi connectivity index (χ3n) is 4.59. The van der Waals surface area contributed by atoms with Crippen molar-refractivity contribution in [1.82, 2.24) is 15.1 Å². The van der Waals surface area contributed by atoms with E-state index in [1.165, 1.54) is 24.3 Å². The number of hydrogen-bond donors (Lipinski definition) is 0. The van der Waals surface area contributed by atoms with Crippen LogP contribution in [0.15, 0.2) is 59.0 Å². The lowest BCUT2D eigenvalue weighted by Gasteiger charge is -2.22. The van der Waals surface area contributed by atoms with E-state index in [2.05, 4.69) is 10.2 Å². The SMILES string of the molecule is O=C(c1ccc([N+](=O)[O-])cc1)N1CCCC1c1nnc(-c2ccccc2)o1. The van der Waals surface area contributed by atoms with Crippen LogP contribution in [0.2, 0.25) is 0 Å². The molecule has 8 nitrogen and oxygen atoms in total. The van der Waals surface area contributed by atoms with Gasteiger partial charge in [-0.05, 0) is 37.1 Å². The number of benzene rings is 2. The second-order valence-electron chi connectivity index (χ2n) is 6.27. The van der Waals surface area contributed by atoms with E-state index < -0.39 is 4.92 Å². The van der Waals surface area contributed by atoms with Crippen LogP contribution in [0.25, 0.3) is 11.5 Å². The van der Waals surface area contributed by atoms with Crippen molar-refractivity contribution in [3.05, 3.63) is 76.2 Å². The highest BCUT2D eigenvalue weighted by atomic mass is 16.6. The first-order valence-electron chi connectivity index (χ1n) is 8.58. The summed E-state index contributed by atoms with van der Waals surface area (Å²) in [6.45, 7) is 0.573. The Labute approximate surface area is 154 Å². The highest BCUT2D eigenvalue weighted by molar-refractivity contribution is 5.94. The lowest BCUT2D eigenvalue weighted by molar-refractivity contribution is -0.384. The number of rotatable bonds is 4. The van der Waals surface area contributed by atoms with Gasteiger partial charge in [0.2, 0.25) is 11.8 Å². The fraction of sp³-hybridized carbons (Fsp3) is 0.211. The monoisotopic (exact) mass is 364 g/mol. The van der Waals surface area contributed by atoms with Crippen molar-refractivity contribution in [3.8, 4) is 11.5 Å². The zero-order valence-electron chi connectivity index (χ0n) is 14.3. The van der Waals surface area contributed by atoms with E-state index in [1.807, 2.05) is 30.3 Å². The van der Waals surface area contributed by atoms with Gasteiger partial charge in [0, 0.05) is 29.8 Å². The normalized spacial score (nSPS) is 16.4. The van der Waals surface area contributed by atoms with Gasteiger partial charge in [-0.3, -0.25) is 14.9 Å². The fourth-order valence-electron chi connectivity index (χ4n) is 3.22. The summed E-state index contributed by atoms with van der Waals surface area (Å²) >= 11 is 0. The zero-order valence-corrected chi connectivity index (χ0v) is 14.3. The largest absolute Gasteiger partial charge is 0.418 e. The van der Waals surface area contributed by atoms with Crippen LogP contribution in [0.3, 0.4) is 0 Å². The van der Waals surface area contributed by atoms with Gasteiger partial charge in [-0.15, -0.1) is 10.2 Å². The van der Waals surface area contributed by atoms with Crippen LogP contribution in [0.1, 0.15) is 35.1 Å². The number of nitrogens with zero attached hydrogens (tertiary/aromatic N) is 4. The lowest BCUT2D eigenvalue weighted by Crippen LogP contribution is -2.30. The molecule has 1 saturated heterocycles. The standard InChI is InChI=1S/C19H16N4O4/c24-19(14-8-10-15(11-9-14)23(25)26)22-12-4-7-16(22)18-21-20-17(27-18)13-5-2-1-3-6-13/h1-3,5-6,8-11,16H,4,7,12H2. The summed E-state index contributed by atoms with van der Waals surface area (Å²) in [5.41, 5.74) is 1.17. The van der Waals surface area contributed by atoms with Crippen LogP contribution in [0, 0.1) is 10.1 Å². The Kier molecular flexibility index (Phi) is 4.37. The number of hydrogen-bond acceptors (Lipinski definition) is 6. The maximum atomic E-state index is 12.9. The molecule has 2 aromatic carbocycles. The number of carbonyl (C=O) groups excluding carboxylic acids is 1. The Morgan fingerprint density at radius 2 is 1.85 bits per heavy atom. The molecule has 1 atom stereocenters. The maximum absolute atomic E-state index is 12.9. The summed E-state index contributed by atoms with van der Waals surface area (Å²) in [6, 6.07) is 14.8. The summed E-state index contributed by atoms with van der Waals surface area (Å²) in [5, 5.41) is 19.0. The molecule has 1 aromatic heterocycles. The van der Waals surface area contributed by atoms with Crippen molar-refractivity contribution in [2.75, 3.05) is 6.54 Å². The van der Waals surface area contributed by atoms with E-state index in [0.717, 1.165) is 18.4 Å². The minimum Gasteiger partial charge on any atom is -0.418 e. The quantitative estimate of drug-likeness (QED) is 0.517. The second-order valence-corrected chi connectivity index (χ2v) is 6.27. The molecule has 1 unspecified atom stereocenters. The number of carbonyl (C=O) groups is 1. The molecule has 27 heavy (non-hydrogen) atoms. The van der Waals surface area contributed by atoms with Crippen LogP contribution in [0.5, 0.6) is 0 Å². The number of likely N-dealkylation sites (tertiary alicyclic amines) is 1. The highest BCUT2D eigenvalue weighted by Crippen LogP contribution is 2.33.